The third-order valence-corrected chi connectivity index (χ3v) is 5.31. The minimum absolute atomic E-state index is 0.0441. The molecule has 28 heavy (non-hydrogen) atoms. The van der Waals surface area contributed by atoms with Gasteiger partial charge in [0.2, 0.25) is 5.91 Å². The van der Waals surface area contributed by atoms with E-state index in [0.717, 1.165) is 23.9 Å². The van der Waals surface area contributed by atoms with Gasteiger partial charge in [0, 0.05) is 37.7 Å². The maximum Gasteiger partial charge on any atom is 0.251 e. The predicted molar refractivity (Wildman–Crippen MR) is 108 cm³/mol. The Morgan fingerprint density at radius 1 is 1.00 bits per heavy atom. The van der Waals surface area contributed by atoms with E-state index in [1.807, 2.05) is 64.1 Å². The Labute approximate surface area is 164 Å². The van der Waals surface area contributed by atoms with E-state index in [2.05, 4.69) is 10.3 Å². The molecule has 0 radical (unpaired) electrons. The quantitative estimate of drug-likeness (QED) is 0.745. The highest BCUT2D eigenvalue weighted by Gasteiger charge is 2.24. The molecule has 0 bridgehead atoms. The number of aromatic nitrogens is 2. The smallest absolute Gasteiger partial charge is 0.251 e. The lowest BCUT2D eigenvalue weighted by Gasteiger charge is -2.32. The molecule has 0 aliphatic carbocycles. The molecule has 0 unspecified atom stereocenters. The fourth-order valence-corrected chi connectivity index (χ4v) is 3.69. The lowest BCUT2D eigenvalue weighted by molar-refractivity contribution is -0.132. The Morgan fingerprint density at radius 2 is 1.71 bits per heavy atom. The number of piperidine rings is 1. The van der Waals surface area contributed by atoms with E-state index in [4.69, 9.17) is 0 Å². The molecule has 1 saturated heterocycles. The van der Waals surface area contributed by atoms with Gasteiger partial charge >= 0.3 is 0 Å². The number of fused-ring (bicyclic) bond motifs is 1. The zero-order valence-corrected chi connectivity index (χ0v) is 15.8. The highest BCUT2D eigenvalue weighted by Crippen LogP contribution is 2.15. The molecule has 1 N–H and O–H groups in total. The summed E-state index contributed by atoms with van der Waals surface area (Å²) in [4.78, 5) is 31.1. The van der Waals surface area contributed by atoms with Gasteiger partial charge in [0.1, 0.15) is 0 Å². The Kier molecular flexibility index (Phi) is 5.37. The van der Waals surface area contributed by atoms with Gasteiger partial charge in [-0.05, 0) is 37.1 Å². The number of aryl methyl sites for hydroxylation is 1. The molecule has 2 aromatic carbocycles. The molecule has 0 saturated carbocycles. The number of para-hydroxylation sites is 2. The summed E-state index contributed by atoms with van der Waals surface area (Å²) in [6, 6.07) is 17.3. The summed E-state index contributed by atoms with van der Waals surface area (Å²) in [6.45, 7) is 2.00. The van der Waals surface area contributed by atoms with Crippen LogP contribution >= 0.6 is 0 Å². The van der Waals surface area contributed by atoms with E-state index < -0.39 is 0 Å². The summed E-state index contributed by atoms with van der Waals surface area (Å²) in [5, 5.41) is 3.08. The van der Waals surface area contributed by atoms with E-state index in [-0.39, 0.29) is 17.9 Å². The highest BCUT2D eigenvalue weighted by molar-refractivity contribution is 5.94. The summed E-state index contributed by atoms with van der Waals surface area (Å²) in [6.07, 6.45) is 3.83. The molecule has 144 valence electrons. The minimum atomic E-state index is -0.0441. The second kappa shape index (κ2) is 8.25. The molecule has 1 aliphatic heterocycles. The highest BCUT2D eigenvalue weighted by atomic mass is 16.2. The Hall–Kier alpha value is -3.15. The van der Waals surface area contributed by atoms with Gasteiger partial charge in [0.05, 0.1) is 17.4 Å². The Morgan fingerprint density at radius 3 is 2.50 bits per heavy atom. The molecule has 4 rings (SSSR count). The third-order valence-electron chi connectivity index (χ3n) is 5.31. The van der Waals surface area contributed by atoms with Gasteiger partial charge in [-0.2, -0.15) is 0 Å². The van der Waals surface area contributed by atoms with Crippen LogP contribution in [0.4, 0.5) is 0 Å². The SMILES string of the molecule is O=C(NC1CCN(C(=O)CCn2cnc3ccccc32)CC1)c1ccccc1. The number of likely N-dealkylation sites (tertiary alicyclic amines) is 1. The van der Waals surface area contributed by atoms with Crippen molar-refractivity contribution in [3.05, 3.63) is 66.5 Å². The fraction of sp³-hybridized carbons (Fsp3) is 0.318. The van der Waals surface area contributed by atoms with Gasteiger partial charge in [0.25, 0.3) is 5.91 Å². The van der Waals surface area contributed by atoms with Crippen molar-refractivity contribution in [1.82, 2.24) is 19.8 Å². The molecule has 2 amide bonds. The summed E-state index contributed by atoms with van der Waals surface area (Å²) < 4.78 is 2.03. The summed E-state index contributed by atoms with van der Waals surface area (Å²) in [5.74, 6) is 0.114. The van der Waals surface area contributed by atoms with Gasteiger partial charge < -0.3 is 14.8 Å². The monoisotopic (exact) mass is 376 g/mol. The van der Waals surface area contributed by atoms with Crippen LogP contribution in [-0.4, -0.2) is 45.4 Å². The number of amides is 2. The maximum atomic E-state index is 12.6. The standard InChI is InChI=1S/C22H24N4O2/c27-21(12-15-26-16-23-19-8-4-5-9-20(19)26)25-13-10-18(11-14-25)24-22(28)17-6-2-1-3-7-17/h1-9,16,18H,10-15H2,(H,24,28). The maximum absolute atomic E-state index is 12.6. The van der Waals surface area contributed by atoms with Gasteiger partial charge in [-0.15, -0.1) is 0 Å². The molecule has 0 spiro atoms. The first-order valence-corrected chi connectivity index (χ1v) is 9.74. The van der Waals surface area contributed by atoms with Crippen LogP contribution in [0.25, 0.3) is 11.0 Å². The zero-order valence-electron chi connectivity index (χ0n) is 15.8. The lowest BCUT2D eigenvalue weighted by Crippen LogP contribution is -2.46. The van der Waals surface area contributed by atoms with Crippen molar-refractivity contribution in [3.63, 3.8) is 0 Å². The predicted octanol–water partition coefficient (Wildman–Crippen LogP) is 2.85. The summed E-state index contributed by atoms with van der Waals surface area (Å²) >= 11 is 0. The molecular weight excluding hydrogens is 352 g/mol. The largest absolute Gasteiger partial charge is 0.349 e. The van der Waals surface area contributed by atoms with Crippen molar-refractivity contribution in [2.24, 2.45) is 0 Å². The van der Waals surface area contributed by atoms with Crippen molar-refractivity contribution in [2.45, 2.75) is 31.8 Å². The fourth-order valence-electron chi connectivity index (χ4n) is 3.69. The average molecular weight is 376 g/mol. The van der Waals surface area contributed by atoms with Crippen LogP contribution in [0, 0.1) is 0 Å². The number of rotatable bonds is 5. The van der Waals surface area contributed by atoms with Crippen LogP contribution in [0.2, 0.25) is 0 Å². The molecule has 6 nitrogen and oxygen atoms in total. The number of hydrogen-bond acceptors (Lipinski definition) is 3. The Bertz CT molecular complexity index is 959. The van der Waals surface area contributed by atoms with E-state index >= 15 is 0 Å². The van der Waals surface area contributed by atoms with E-state index in [0.29, 0.717) is 31.6 Å². The van der Waals surface area contributed by atoms with Crippen LogP contribution in [0.5, 0.6) is 0 Å². The van der Waals surface area contributed by atoms with E-state index in [9.17, 15) is 9.59 Å². The lowest BCUT2D eigenvalue weighted by atomic mass is 10.0. The van der Waals surface area contributed by atoms with Crippen LogP contribution < -0.4 is 5.32 Å². The van der Waals surface area contributed by atoms with Crippen LogP contribution in [0.15, 0.2) is 60.9 Å². The van der Waals surface area contributed by atoms with E-state index in [1.165, 1.54) is 0 Å². The molecule has 1 aromatic heterocycles. The number of hydrogen-bond donors (Lipinski definition) is 1. The van der Waals surface area contributed by atoms with Crippen molar-refractivity contribution in [2.75, 3.05) is 13.1 Å². The van der Waals surface area contributed by atoms with E-state index in [1.54, 1.807) is 6.33 Å². The second-order valence-electron chi connectivity index (χ2n) is 7.17. The summed E-state index contributed by atoms with van der Waals surface area (Å²) in [5.41, 5.74) is 2.68. The normalized spacial score (nSPS) is 14.9. The number of benzene rings is 2. The van der Waals surface area contributed by atoms with Crippen molar-refractivity contribution in [1.29, 1.82) is 0 Å². The first kappa shape index (κ1) is 18.2. The van der Waals surface area contributed by atoms with Gasteiger partial charge in [-0.25, -0.2) is 4.98 Å². The van der Waals surface area contributed by atoms with Crippen molar-refractivity contribution in [3.8, 4) is 0 Å². The minimum Gasteiger partial charge on any atom is -0.349 e. The second-order valence-corrected chi connectivity index (χ2v) is 7.17. The third kappa shape index (κ3) is 4.06. The number of nitrogens with zero attached hydrogens (tertiary/aromatic N) is 3. The number of imidazole rings is 1. The molecule has 0 atom stereocenters. The topological polar surface area (TPSA) is 67.2 Å². The Balaban J connectivity index is 1.25. The molecule has 2 heterocycles. The summed E-state index contributed by atoms with van der Waals surface area (Å²) in [7, 11) is 0. The van der Waals surface area contributed by atoms with Gasteiger partial charge in [0.15, 0.2) is 0 Å². The average Bonchev–Trinajstić information content (AvgIpc) is 3.16. The molecule has 1 fully saturated rings. The van der Waals surface area contributed by atoms with Gasteiger partial charge in [-0.3, -0.25) is 9.59 Å². The first-order chi connectivity index (χ1) is 13.7. The van der Waals surface area contributed by atoms with Crippen LogP contribution in [-0.2, 0) is 11.3 Å². The molecule has 3 aromatic rings. The molecular formula is C22H24N4O2. The van der Waals surface area contributed by atoms with Gasteiger partial charge in [-0.1, -0.05) is 30.3 Å². The number of carbonyl (C=O) groups is 2. The van der Waals surface area contributed by atoms with Crippen molar-refractivity contribution < 1.29 is 9.59 Å². The zero-order chi connectivity index (χ0) is 19.3. The van der Waals surface area contributed by atoms with Crippen molar-refractivity contribution >= 4 is 22.8 Å². The number of carbonyl (C=O) groups excluding carboxylic acids is 2. The van der Waals surface area contributed by atoms with Crippen LogP contribution in [0.1, 0.15) is 29.6 Å². The first-order valence-electron chi connectivity index (χ1n) is 9.74. The molecule has 6 heteroatoms. The number of nitrogens with one attached hydrogen (secondary N) is 1. The van der Waals surface area contributed by atoms with Crippen LogP contribution in [0.3, 0.4) is 0 Å². The molecule has 1 aliphatic rings.